The molecule has 3 rings (SSSR count). The maximum Gasteiger partial charge on any atom is 0.0459 e. The van der Waals surface area contributed by atoms with Crippen molar-refractivity contribution in [3.63, 3.8) is 0 Å². The minimum Gasteiger partial charge on any atom is -0.323 e. The van der Waals surface area contributed by atoms with Gasteiger partial charge in [-0.1, -0.05) is 24.3 Å². The first kappa shape index (κ1) is 12.3. The summed E-state index contributed by atoms with van der Waals surface area (Å²) < 4.78 is 0. The summed E-state index contributed by atoms with van der Waals surface area (Å²) >= 11 is 0. The van der Waals surface area contributed by atoms with Crippen molar-refractivity contribution in [2.75, 3.05) is 7.05 Å². The first-order valence-electron chi connectivity index (χ1n) is 6.68. The molecule has 98 valence electrons. The quantitative estimate of drug-likeness (QED) is 0.911. The Balaban J connectivity index is 1.74. The summed E-state index contributed by atoms with van der Waals surface area (Å²) in [5.74, 6) is 0. The molecule has 0 saturated carbocycles. The molecule has 1 aromatic heterocycles. The summed E-state index contributed by atoms with van der Waals surface area (Å²) in [4.78, 5) is 6.40. The molecule has 2 aromatic rings. The Morgan fingerprint density at radius 2 is 1.95 bits per heavy atom. The van der Waals surface area contributed by atoms with Gasteiger partial charge < -0.3 is 5.73 Å². The van der Waals surface area contributed by atoms with Gasteiger partial charge in [-0.05, 0) is 42.3 Å². The number of nitrogens with zero attached hydrogens (tertiary/aromatic N) is 2. The van der Waals surface area contributed by atoms with Gasteiger partial charge in [-0.25, -0.2) is 0 Å². The Hall–Kier alpha value is -1.71. The summed E-state index contributed by atoms with van der Waals surface area (Å²) in [5.41, 5.74) is 10.4. The SMILES string of the molecule is CN(Cc1ccncc1)C1Cc2ccccc2C1N. The number of hydrogen-bond acceptors (Lipinski definition) is 3. The molecule has 3 nitrogen and oxygen atoms in total. The number of nitrogens with two attached hydrogens (primary N) is 1. The molecule has 1 aliphatic rings. The lowest BCUT2D eigenvalue weighted by atomic mass is 10.1. The van der Waals surface area contributed by atoms with E-state index in [1.807, 2.05) is 12.4 Å². The first-order valence-corrected chi connectivity index (χ1v) is 6.68. The van der Waals surface area contributed by atoms with Crippen LogP contribution in [0.1, 0.15) is 22.7 Å². The zero-order valence-electron chi connectivity index (χ0n) is 11.2. The molecule has 0 aliphatic heterocycles. The van der Waals surface area contributed by atoms with Crippen LogP contribution in [0.4, 0.5) is 0 Å². The smallest absolute Gasteiger partial charge is 0.0459 e. The van der Waals surface area contributed by atoms with Gasteiger partial charge in [-0.2, -0.15) is 0 Å². The highest BCUT2D eigenvalue weighted by Gasteiger charge is 2.31. The van der Waals surface area contributed by atoms with E-state index in [0.29, 0.717) is 6.04 Å². The number of fused-ring (bicyclic) bond motifs is 1. The zero-order chi connectivity index (χ0) is 13.2. The van der Waals surface area contributed by atoms with Crippen LogP contribution in [0, 0.1) is 0 Å². The van der Waals surface area contributed by atoms with E-state index in [2.05, 4.69) is 53.3 Å². The molecular weight excluding hydrogens is 234 g/mol. The molecule has 0 saturated heterocycles. The Labute approximate surface area is 114 Å². The normalized spacial score (nSPS) is 21.6. The van der Waals surface area contributed by atoms with Crippen molar-refractivity contribution in [3.8, 4) is 0 Å². The van der Waals surface area contributed by atoms with E-state index in [4.69, 9.17) is 5.73 Å². The van der Waals surface area contributed by atoms with Crippen LogP contribution in [0.5, 0.6) is 0 Å². The molecule has 2 atom stereocenters. The van der Waals surface area contributed by atoms with Gasteiger partial charge >= 0.3 is 0 Å². The van der Waals surface area contributed by atoms with E-state index in [1.165, 1.54) is 16.7 Å². The van der Waals surface area contributed by atoms with E-state index in [9.17, 15) is 0 Å². The van der Waals surface area contributed by atoms with E-state index in [-0.39, 0.29) is 6.04 Å². The molecule has 1 aromatic carbocycles. The molecule has 2 unspecified atom stereocenters. The molecule has 0 spiro atoms. The summed E-state index contributed by atoms with van der Waals surface area (Å²) in [6, 6.07) is 13.1. The molecule has 2 N–H and O–H groups in total. The van der Waals surface area contributed by atoms with Crippen LogP contribution in [0.15, 0.2) is 48.8 Å². The fourth-order valence-electron chi connectivity index (χ4n) is 2.93. The highest BCUT2D eigenvalue weighted by atomic mass is 15.1. The molecule has 0 amide bonds. The molecule has 0 bridgehead atoms. The Morgan fingerprint density at radius 1 is 1.21 bits per heavy atom. The average molecular weight is 253 g/mol. The highest BCUT2D eigenvalue weighted by molar-refractivity contribution is 5.36. The fourth-order valence-corrected chi connectivity index (χ4v) is 2.93. The Morgan fingerprint density at radius 3 is 2.68 bits per heavy atom. The predicted octanol–water partition coefficient (Wildman–Crippen LogP) is 2.14. The van der Waals surface area contributed by atoms with Crippen LogP contribution in [0.3, 0.4) is 0 Å². The van der Waals surface area contributed by atoms with E-state index in [1.54, 1.807) is 0 Å². The largest absolute Gasteiger partial charge is 0.323 e. The van der Waals surface area contributed by atoms with Crippen LogP contribution in [0.25, 0.3) is 0 Å². The average Bonchev–Trinajstić information content (AvgIpc) is 2.78. The van der Waals surface area contributed by atoms with Crippen molar-refractivity contribution in [2.45, 2.75) is 25.0 Å². The third-order valence-corrected chi connectivity index (χ3v) is 4.01. The molecule has 1 heterocycles. The molecule has 3 heteroatoms. The van der Waals surface area contributed by atoms with Gasteiger partial charge in [0.2, 0.25) is 0 Å². The monoisotopic (exact) mass is 253 g/mol. The summed E-state index contributed by atoms with van der Waals surface area (Å²) in [6.07, 6.45) is 4.72. The maximum atomic E-state index is 6.39. The van der Waals surface area contributed by atoms with E-state index >= 15 is 0 Å². The van der Waals surface area contributed by atoms with Crippen molar-refractivity contribution in [2.24, 2.45) is 5.73 Å². The van der Waals surface area contributed by atoms with Gasteiger partial charge in [0.05, 0.1) is 0 Å². The van der Waals surface area contributed by atoms with Gasteiger partial charge in [-0.15, -0.1) is 0 Å². The lowest BCUT2D eigenvalue weighted by Gasteiger charge is -2.27. The zero-order valence-corrected chi connectivity index (χ0v) is 11.2. The number of rotatable bonds is 3. The molecular formula is C16H19N3. The van der Waals surface area contributed by atoms with Crippen molar-refractivity contribution < 1.29 is 0 Å². The summed E-state index contributed by atoms with van der Waals surface area (Å²) in [5, 5.41) is 0. The van der Waals surface area contributed by atoms with Crippen LogP contribution in [-0.2, 0) is 13.0 Å². The number of likely N-dealkylation sites (N-methyl/N-ethyl adjacent to an activating group) is 1. The molecule has 0 fully saturated rings. The van der Waals surface area contributed by atoms with Gasteiger partial charge in [0.25, 0.3) is 0 Å². The van der Waals surface area contributed by atoms with Crippen molar-refractivity contribution in [1.29, 1.82) is 0 Å². The summed E-state index contributed by atoms with van der Waals surface area (Å²) in [6.45, 7) is 0.912. The van der Waals surface area contributed by atoms with Crippen LogP contribution >= 0.6 is 0 Å². The first-order chi connectivity index (χ1) is 9.25. The second kappa shape index (κ2) is 5.11. The van der Waals surface area contributed by atoms with Gasteiger partial charge in [0.15, 0.2) is 0 Å². The number of hydrogen-bond donors (Lipinski definition) is 1. The fraction of sp³-hybridized carbons (Fsp3) is 0.312. The van der Waals surface area contributed by atoms with Gasteiger partial charge in [0.1, 0.15) is 0 Å². The van der Waals surface area contributed by atoms with Crippen LogP contribution in [-0.4, -0.2) is 23.0 Å². The lowest BCUT2D eigenvalue weighted by Crippen LogP contribution is -2.37. The second-order valence-electron chi connectivity index (χ2n) is 5.27. The molecule has 1 aliphatic carbocycles. The second-order valence-corrected chi connectivity index (χ2v) is 5.27. The molecule has 0 radical (unpaired) electrons. The Kier molecular flexibility index (Phi) is 3.32. The number of benzene rings is 1. The van der Waals surface area contributed by atoms with Crippen molar-refractivity contribution in [3.05, 3.63) is 65.5 Å². The van der Waals surface area contributed by atoms with Gasteiger partial charge in [-0.3, -0.25) is 9.88 Å². The topological polar surface area (TPSA) is 42.2 Å². The predicted molar refractivity (Wildman–Crippen MR) is 76.6 cm³/mol. The molecule has 19 heavy (non-hydrogen) atoms. The van der Waals surface area contributed by atoms with E-state index < -0.39 is 0 Å². The minimum absolute atomic E-state index is 0.114. The van der Waals surface area contributed by atoms with Crippen molar-refractivity contribution >= 4 is 0 Å². The summed E-state index contributed by atoms with van der Waals surface area (Å²) in [7, 11) is 2.15. The number of pyridine rings is 1. The van der Waals surface area contributed by atoms with Crippen molar-refractivity contribution in [1.82, 2.24) is 9.88 Å². The third kappa shape index (κ3) is 2.39. The lowest BCUT2D eigenvalue weighted by molar-refractivity contribution is 0.214. The van der Waals surface area contributed by atoms with E-state index in [0.717, 1.165) is 13.0 Å². The number of aromatic nitrogens is 1. The highest BCUT2D eigenvalue weighted by Crippen LogP contribution is 2.32. The van der Waals surface area contributed by atoms with Crippen LogP contribution < -0.4 is 5.73 Å². The van der Waals surface area contributed by atoms with Gasteiger partial charge in [0, 0.05) is 31.0 Å². The standard InChI is InChI=1S/C16H19N3/c1-19(11-12-6-8-18-9-7-12)15-10-13-4-2-3-5-14(13)16(15)17/h2-9,15-16H,10-11,17H2,1H3. The maximum absolute atomic E-state index is 6.39. The third-order valence-electron chi connectivity index (χ3n) is 4.01. The Bertz CT molecular complexity index is 553. The minimum atomic E-state index is 0.114. The van der Waals surface area contributed by atoms with Crippen LogP contribution in [0.2, 0.25) is 0 Å².